The number of nitrogens with zero attached hydrogens (tertiary/aromatic N) is 2. The van der Waals surface area contributed by atoms with Gasteiger partial charge in [0.1, 0.15) is 18.2 Å². The largest absolute Gasteiger partial charge is 0.491 e. The van der Waals surface area contributed by atoms with Crippen LogP contribution in [-0.4, -0.2) is 22.1 Å². The molecule has 0 spiro atoms. The first-order valence-corrected chi connectivity index (χ1v) is 10.8. The zero-order valence-corrected chi connectivity index (χ0v) is 18.4. The number of rotatable bonds is 9. The minimum atomic E-state index is -0.233. The van der Waals surface area contributed by atoms with Crippen LogP contribution in [0.4, 0.5) is 0 Å². The lowest BCUT2D eigenvalue weighted by Crippen LogP contribution is -2.25. The monoisotopic (exact) mass is 445 g/mol. The molecule has 5 nitrogen and oxygen atoms in total. The Labute approximate surface area is 192 Å². The maximum absolute atomic E-state index is 12.6. The topological polar surface area (TPSA) is 56.1 Å². The molecular weight excluding hydrogens is 422 g/mol. The van der Waals surface area contributed by atoms with E-state index in [0.717, 1.165) is 34.6 Å². The average molecular weight is 446 g/mol. The van der Waals surface area contributed by atoms with Crippen molar-refractivity contribution in [1.82, 2.24) is 14.9 Å². The third-order valence-corrected chi connectivity index (χ3v) is 5.50. The first kappa shape index (κ1) is 21.7. The van der Waals surface area contributed by atoms with Gasteiger partial charge in [-0.2, -0.15) is 0 Å². The number of amides is 1. The van der Waals surface area contributed by atoms with Gasteiger partial charge in [0.15, 0.2) is 0 Å². The van der Waals surface area contributed by atoms with Gasteiger partial charge in [-0.05, 0) is 42.3 Å². The minimum Gasteiger partial charge on any atom is -0.491 e. The van der Waals surface area contributed by atoms with Gasteiger partial charge in [0.25, 0.3) is 5.91 Å². The summed E-state index contributed by atoms with van der Waals surface area (Å²) < 4.78 is 8.16. The van der Waals surface area contributed by atoms with E-state index in [1.807, 2.05) is 54.6 Å². The molecule has 0 atom stereocenters. The molecule has 1 N–H and O–H groups in total. The van der Waals surface area contributed by atoms with Crippen molar-refractivity contribution >= 4 is 28.5 Å². The molecule has 0 saturated carbocycles. The number of hydrogen-bond acceptors (Lipinski definition) is 3. The molecule has 0 unspecified atom stereocenters. The van der Waals surface area contributed by atoms with E-state index in [-0.39, 0.29) is 12.5 Å². The quantitative estimate of drug-likeness (QED) is 0.349. The molecule has 162 valence electrons. The highest BCUT2D eigenvalue weighted by Crippen LogP contribution is 2.20. The summed E-state index contributed by atoms with van der Waals surface area (Å²) in [6, 6.07) is 22.9. The highest BCUT2D eigenvalue weighted by atomic mass is 35.5. The Balaban J connectivity index is 1.50. The second-order valence-corrected chi connectivity index (χ2v) is 7.69. The summed E-state index contributed by atoms with van der Waals surface area (Å²) in [7, 11) is 0. The normalized spacial score (nSPS) is 10.8. The van der Waals surface area contributed by atoms with Gasteiger partial charge in [0, 0.05) is 0 Å². The summed E-state index contributed by atoms with van der Waals surface area (Å²) in [6.07, 6.45) is 2.62. The number of fused-ring (bicyclic) bond motifs is 1. The van der Waals surface area contributed by atoms with Crippen molar-refractivity contribution in [3.63, 3.8) is 0 Å². The second-order valence-electron chi connectivity index (χ2n) is 7.28. The van der Waals surface area contributed by atoms with E-state index in [2.05, 4.69) is 16.5 Å². The van der Waals surface area contributed by atoms with Crippen molar-refractivity contribution in [3.05, 3.63) is 107 Å². The molecule has 0 bridgehead atoms. The molecule has 0 aliphatic rings. The van der Waals surface area contributed by atoms with Crippen molar-refractivity contribution in [1.29, 1.82) is 0 Å². The van der Waals surface area contributed by atoms with E-state index in [1.54, 1.807) is 24.3 Å². The summed E-state index contributed by atoms with van der Waals surface area (Å²) in [5.74, 6) is 1.38. The molecule has 1 amide bonds. The van der Waals surface area contributed by atoms with Gasteiger partial charge in [0.2, 0.25) is 0 Å². The number of benzene rings is 3. The summed E-state index contributed by atoms with van der Waals surface area (Å²) in [4.78, 5) is 17.3. The number of ether oxygens (including phenoxy) is 1. The number of imidazole rings is 1. The predicted octanol–water partition coefficient (Wildman–Crippen LogP) is 5.43. The Morgan fingerprint density at radius 2 is 1.81 bits per heavy atom. The van der Waals surface area contributed by atoms with Gasteiger partial charge < -0.3 is 14.6 Å². The van der Waals surface area contributed by atoms with Gasteiger partial charge in [-0.25, -0.2) is 4.98 Å². The number of halogens is 1. The highest BCUT2D eigenvalue weighted by molar-refractivity contribution is 6.33. The van der Waals surface area contributed by atoms with Gasteiger partial charge in [-0.15, -0.1) is 6.58 Å². The lowest BCUT2D eigenvalue weighted by Gasteiger charge is -2.13. The van der Waals surface area contributed by atoms with E-state index < -0.39 is 0 Å². The van der Waals surface area contributed by atoms with Crippen LogP contribution in [0.25, 0.3) is 11.0 Å². The lowest BCUT2D eigenvalue weighted by atomic mass is 10.1. The molecule has 0 aliphatic carbocycles. The van der Waals surface area contributed by atoms with Gasteiger partial charge in [-0.1, -0.05) is 60.1 Å². The van der Waals surface area contributed by atoms with Crippen molar-refractivity contribution < 1.29 is 9.53 Å². The number of allylic oxidation sites excluding steroid dienone is 1. The summed E-state index contributed by atoms with van der Waals surface area (Å²) in [6.45, 7) is 5.17. The molecule has 6 heteroatoms. The number of nitrogens with one attached hydrogen (secondary N) is 1. The van der Waals surface area contributed by atoms with Crippen LogP contribution in [0.15, 0.2) is 85.5 Å². The molecule has 3 aromatic carbocycles. The predicted molar refractivity (Wildman–Crippen MR) is 128 cm³/mol. The van der Waals surface area contributed by atoms with Gasteiger partial charge >= 0.3 is 0 Å². The molecule has 32 heavy (non-hydrogen) atoms. The summed E-state index contributed by atoms with van der Waals surface area (Å²) in [5, 5.41) is 3.35. The minimum absolute atomic E-state index is 0.233. The van der Waals surface area contributed by atoms with Crippen LogP contribution in [0, 0.1) is 0 Å². The molecule has 1 heterocycles. The standard InChI is InChI=1S/C26H24ClN3O2/c1-2-9-19-10-3-8-15-24(19)32-17-16-30-23-14-7-6-13-22(23)29-25(30)18-28-26(31)20-11-4-5-12-21(20)27/h2-8,10-15H,1,9,16-18H2,(H,28,31). The number of aromatic nitrogens is 2. The SMILES string of the molecule is C=CCc1ccccc1OCCn1c(CNC(=O)c2ccccc2Cl)nc2ccccc21. The van der Waals surface area contributed by atoms with Crippen LogP contribution in [0.3, 0.4) is 0 Å². The van der Waals surface area contributed by atoms with E-state index >= 15 is 0 Å². The Morgan fingerprint density at radius 1 is 1.06 bits per heavy atom. The van der Waals surface area contributed by atoms with Crippen molar-refractivity contribution in [3.8, 4) is 5.75 Å². The average Bonchev–Trinajstić information content (AvgIpc) is 3.16. The fraction of sp³-hybridized carbons (Fsp3) is 0.154. The molecule has 0 saturated heterocycles. The van der Waals surface area contributed by atoms with Crippen molar-refractivity contribution in [2.75, 3.05) is 6.61 Å². The van der Waals surface area contributed by atoms with Crippen LogP contribution < -0.4 is 10.1 Å². The first-order valence-electron chi connectivity index (χ1n) is 10.5. The molecule has 4 aromatic rings. The summed E-state index contributed by atoms with van der Waals surface area (Å²) in [5.41, 5.74) is 3.42. The molecular formula is C26H24ClN3O2. The maximum Gasteiger partial charge on any atom is 0.253 e. The zero-order valence-electron chi connectivity index (χ0n) is 17.6. The zero-order chi connectivity index (χ0) is 22.3. The molecule has 1 aromatic heterocycles. The number of hydrogen-bond donors (Lipinski definition) is 1. The van der Waals surface area contributed by atoms with E-state index in [1.165, 1.54) is 0 Å². The fourth-order valence-corrected chi connectivity index (χ4v) is 3.85. The van der Waals surface area contributed by atoms with Crippen LogP contribution in [0.5, 0.6) is 5.75 Å². The molecule has 0 aliphatic heterocycles. The second kappa shape index (κ2) is 10.2. The maximum atomic E-state index is 12.6. The van der Waals surface area contributed by atoms with Gasteiger partial charge in [-0.3, -0.25) is 4.79 Å². The smallest absolute Gasteiger partial charge is 0.253 e. The Morgan fingerprint density at radius 3 is 2.66 bits per heavy atom. The highest BCUT2D eigenvalue weighted by Gasteiger charge is 2.14. The Kier molecular flexibility index (Phi) is 6.87. The third-order valence-electron chi connectivity index (χ3n) is 5.17. The number of carbonyl (C=O) groups is 1. The fourth-order valence-electron chi connectivity index (χ4n) is 3.63. The summed E-state index contributed by atoms with van der Waals surface area (Å²) >= 11 is 6.15. The Hall–Kier alpha value is -3.57. The van der Waals surface area contributed by atoms with Crippen LogP contribution in [0.1, 0.15) is 21.7 Å². The third kappa shape index (κ3) is 4.84. The van der Waals surface area contributed by atoms with E-state index in [9.17, 15) is 4.79 Å². The molecule has 4 rings (SSSR count). The van der Waals surface area contributed by atoms with Crippen molar-refractivity contribution in [2.24, 2.45) is 0 Å². The number of para-hydroxylation sites is 3. The first-order chi connectivity index (χ1) is 15.7. The van der Waals surface area contributed by atoms with Crippen LogP contribution in [0.2, 0.25) is 5.02 Å². The Bertz CT molecular complexity index is 1250. The van der Waals surface area contributed by atoms with Crippen molar-refractivity contribution in [2.45, 2.75) is 19.5 Å². The van der Waals surface area contributed by atoms with E-state index in [4.69, 9.17) is 21.3 Å². The van der Waals surface area contributed by atoms with E-state index in [0.29, 0.717) is 23.7 Å². The van der Waals surface area contributed by atoms with Crippen LogP contribution in [-0.2, 0) is 19.5 Å². The number of carbonyl (C=O) groups excluding carboxylic acids is 1. The molecule has 0 radical (unpaired) electrons. The molecule has 0 fully saturated rings. The van der Waals surface area contributed by atoms with Crippen LogP contribution >= 0.6 is 11.6 Å². The lowest BCUT2D eigenvalue weighted by molar-refractivity contribution is 0.0949. The van der Waals surface area contributed by atoms with Gasteiger partial charge in [0.05, 0.1) is 34.7 Å².